The molecule has 0 radical (unpaired) electrons. The molecule has 0 bridgehead atoms. The second-order valence-corrected chi connectivity index (χ2v) is 12.6. The number of allylic oxidation sites excluding steroid dienone is 4. The van der Waals surface area contributed by atoms with E-state index in [-0.39, 0.29) is 42.3 Å². The lowest BCUT2D eigenvalue weighted by molar-refractivity contribution is -0.439. The lowest BCUT2D eigenvalue weighted by Crippen LogP contribution is -2.72. The van der Waals surface area contributed by atoms with E-state index in [0.29, 0.717) is 25.7 Å². The van der Waals surface area contributed by atoms with Crippen LogP contribution in [0.2, 0.25) is 0 Å². The minimum absolute atomic E-state index is 0.0326. The van der Waals surface area contributed by atoms with Crippen molar-refractivity contribution in [2.24, 2.45) is 34.5 Å². The maximum atomic E-state index is 17.4. The molecule has 1 heterocycles. The van der Waals surface area contributed by atoms with E-state index in [4.69, 9.17) is 9.47 Å². The Morgan fingerprint density at radius 3 is 2.67 bits per heavy atom. The number of aliphatic hydroxyl groups excluding tert-OH is 1. The van der Waals surface area contributed by atoms with Gasteiger partial charge in [0.15, 0.2) is 17.2 Å². The molecular formula is C29H41FO6. The summed E-state index contributed by atoms with van der Waals surface area (Å²) < 4.78 is 29.5. The molecule has 0 aromatic heterocycles. The molecule has 6 nitrogen and oxygen atoms in total. The molecule has 36 heavy (non-hydrogen) atoms. The van der Waals surface area contributed by atoms with E-state index in [1.807, 2.05) is 20.8 Å². The average molecular weight is 505 g/mol. The number of fused-ring (bicyclic) bond motifs is 6. The van der Waals surface area contributed by atoms with E-state index in [2.05, 4.69) is 6.92 Å². The van der Waals surface area contributed by atoms with Crippen molar-refractivity contribution < 1.29 is 33.7 Å². The van der Waals surface area contributed by atoms with Gasteiger partial charge in [-0.1, -0.05) is 52.2 Å². The summed E-state index contributed by atoms with van der Waals surface area (Å²) >= 11 is 0. The molecule has 2 unspecified atom stereocenters. The van der Waals surface area contributed by atoms with E-state index in [1.54, 1.807) is 13.0 Å². The zero-order valence-corrected chi connectivity index (χ0v) is 22.2. The number of carbonyl (C=O) groups excluding carboxylic acids is 2. The third-order valence-corrected chi connectivity index (χ3v) is 10.9. The van der Waals surface area contributed by atoms with Crippen LogP contribution in [-0.2, 0) is 19.1 Å². The number of hydrogen-bond donors (Lipinski definition) is 2. The minimum atomic E-state index is -1.97. The van der Waals surface area contributed by atoms with Gasteiger partial charge >= 0.3 is 0 Å². The molecule has 7 heteroatoms. The molecular weight excluding hydrogens is 463 g/mol. The van der Waals surface area contributed by atoms with Crippen molar-refractivity contribution in [1.82, 2.24) is 0 Å². The molecule has 0 aromatic carbocycles. The smallest absolute Gasteiger partial charge is 0.284 e. The lowest BCUT2D eigenvalue weighted by atomic mass is 9.44. The lowest BCUT2D eigenvalue weighted by Gasteiger charge is -2.64. The number of unbranched alkanes of at least 4 members (excludes halogenated alkanes) is 1. The number of carbonyl (C=O) groups is 2. The fourth-order valence-electron chi connectivity index (χ4n) is 8.87. The Morgan fingerprint density at radius 1 is 1.25 bits per heavy atom. The highest BCUT2D eigenvalue weighted by Gasteiger charge is 2.78. The van der Waals surface area contributed by atoms with Gasteiger partial charge in [-0.3, -0.25) is 9.59 Å². The highest BCUT2D eigenvalue weighted by molar-refractivity contribution is 6.01. The Hall–Kier alpha value is -1.41. The first-order valence-corrected chi connectivity index (χ1v) is 13.7. The molecule has 0 amide bonds. The van der Waals surface area contributed by atoms with Crippen LogP contribution < -0.4 is 0 Å². The Bertz CT molecular complexity index is 1020. The average Bonchev–Trinajstić information content (AvgIpc) is 3.03. The van der Waals surface area contributed by atoms with Crippen LogP contribution in [0.1, 0.15) is 79.6 Å². The number of halogens is 1. The van der Waals surface area contributed by atoms with E-state index in [1.165, 1.54) is 12.2 Å². The summed E-state index contributed by atoms with van der Waals surface area (Å²) in [5.41, 5.74) is -4.57. The predicted molar refractivity (Wildman–Crippen MR) is 131 cm³/mol. The van der Waals surface area contributed by atoms with Gasteiger partial charge in [0.1, 0.15) is 12.2 Å². The SMILES string of the molecule is CCCCC(C)C1(O)OCC(=O)[C@@]2(O1)[C@@H](C)C[C@H]1[C@@H]3CCC4=CC(=O)C=C[C@]4(C)[C@@]3(F)[C@@H](O)C[C@@]12C. The van der Waals surface area contributed by atoms with E-state index in [9.17, 15) is 19.8 Å². The topological polar surface area (TPSA) is 93.1 Å². The summed E-state index contributed by atoms with van der Waals surface area (Å²) in [4.78, 5) is 25.8. The van der Waals surface area contributed by atoms with Gasteiger partial charge in [0.05, 0.1) is 6.10 Å². The van der Waals surface area contributed by atoms with E-state index >= 15 is 4.39 Å². The zero-order chi connectivity index (χ0) is 26.3. The Labute approximate surface area is 213 Å². The van der Waals surface area contributed by atoms with Gasteiger partial charge in [-0.2, -0.15) is 0 Å². The molecule has 1 saturated heterocycles. The summed E-state index contributed by atoms with van der Waals surface area (Å²) in [5, 5.41) is 23.1. The first-order valence-electron chi connectivity index (χ1n) is 13.7. The number of aliphatic hydroxyl groups is 2. The van der Waals surface area contributed by atoms with Gasteiger partial charge in [-0.05, 0) is 63.0 Å². The van der Waals surface area contributed by atoms with Crippen molar-refractivity contribution in [3.63, 3.8) is 0 Å². The third kappa shape index (κ3) is 3.09. The van der Waals surface area contributed by atoms with Gasteiger partial charge in [-0.25, -0.2) is 4.39 Å². The molecule has 2 N–H and O–H groups in total. The van der Waals surface area contributed by atoms with Crippen LogP contribution in [0.4, 0.5) is 4.39 Å². The van der Waals surface area contributed by atoms with Crippen LogP contribution in [0.15, 0.2) is 23.8 Å². The summed E-state index contributed by atoms with van der Waals surface area (Å²) in [5.74, 6) is -3.68. The van der Waals surface area contributed by atoms with Gasteiger partial charge in [0.25, 0.3) is 5.97 Å². The normalized spacial score (nSPS) is 50.9. The first kappa shape index (κ1) is 26.2. The number of ether oxygens (including phenoxy) is 2. The highest BCUT2D eigenvalue weighted by atomic mass is 19.1. The van der Waals surface area contributed by atoms with Gasteiger partial charge in [0.2, 0.25) is 0 Å². The molecule has 0 aromatic rings. The van der Waals surface area contributed by atoms with Crippen molar-refractivity contribution in [3.8, 4) is 0 Å². The molecule has 4 fully saturated rings. The summed E-state index contributed by atoms with van der Waals surface area (Å²) in [7, 11) is 0. The summed E-state index contributed by atoms with van der Waals surface area (Å²) in [6.07, 6.45) is 7.40. The van der Waals surface area contributed by atoms with Gasteiger partial charge in [-0.15, -0.1) is 0 Å². The van der Waals surface area contributed by atoms with Crippen LogP contribution >= 0.6 is 0 Å². The molecule has 200 valence electrons. The maximum Gasteiger partial charge on any atom is 0.284 e. The third-order valence-electron chi connectivity index (χ3n) is 10.9. The van der Waals surface area contributed by atoms with E-state index < -0.39 is 40.1 Å². The maximum absolute atomic E-state index is 17.4. The zero-order valence-electron chi connectivity index (χ0n) is 22.2. The monoisotopic (exact) mass is 504 g/mol. The number of ketones is 2. The van der Waals surface area contributed by atoms with Gasteiger partial charge < -0.3 is 19.7 Å². The van der Waals surface area contributed by atoms with E-state index in [0.717, 1.165) is 18.4 Å². The fraction of sp³-hybridized carbons (Fsp3) is 0.793. The van der Waals surface area contributed by atoms with Crippen molar-refractivity contribution in [2.45, 2.75) is 103 Å². The molecule has 3 saturated carbocycles. The quantitative estimate of drug-likeness (QED) is 0.588. The molecule has 5 rings (SSSR count). The summed E-state index contributed by atoms with van der Waals surface area (Å²) in [6, 6.07) is 0. The molecule has 1 spiro atoms. The molecule has 5 aliphatic rings. The number of rotatable bonds is 4. The highest BCUT2D eigenvalue weighted by Crippen LogP contribution is 2.72. The number of hydrogen-bond acceptors (Lipinski definition) is 6. The molecule has 4 aliphatic carbocycles. The predicted octanol–water partition coefficient (Wildman–Crippen LogP) is 4.43. The fourth-order valence-corrected chi connectivity index (χ4v) is 8.87. The van der Waals surface area contributed by atoms with Crippen molar-refractivity contribution >= 4 is 11.6 Å². The standard InChI is InChI=1S/C29H41FO6/c1-6-7-8-17(2)29(34)35-16-24(33)28(36-29)18(3)13-22-21-10-9-19-14-20(31)11-12-25(19,4)27(21,30)23(32)15-26(22,28)5/h11-12,14,17-18,21-23,32,34H,6-10,13,15-16H2,1-5H3/t17?,18-,21-,22-,23-,25-,26-,27-,28-,29?/m0/s1. The van der Waals surface area contributed by atoms with Crippen molar-refractivity contribution in [1.29, 1.82) is 0 Å². The van der Waals surface area contributed by atoms with Crippen LogP contribution in [0.5, 0.6) is 0 Å². The molecule has 10 atom stereocenters. The first-order chi connectivity index (χ1) is 16.8. The van der Waals surface area contributed by atoms with Crippen LogP contribution in [0.25, 0.3) is 0 Å². The van der Waals surface area contributed by atoms with Crippen molar-refractivity contribution in [3.05, 3.63) is 23.8 Å². The summed E-state index contributed by atoms with van der Waals surface area (Å²) in [6.45, 7) is 9.36. The second-order valence-electron chi connectivity index (χ2n) is 12.6. The Kier molecular flexibility index (Phi) is 6.04. The van der Waals surface area contributed by atoms with Crippen molar-refractivity contribution in [2.75, 3.05) is 6.61 Å². The second kappa shape index (κ2) is 8.29. The van der Waals surface area contributed by atoms with Crippen LogP contribution in [0, 0.1) is 34.5 Å². The number of alkyl halides is 1. The minimum Gasteiger partial charge on any atom is -0.390 e. The Morgan fingerprint density at radius 2 is 1.97 bits per heavy atom. The largest absolute Gasteiger partial charge is 0.390 e. The van der Waals surface area contributed by atoms with Crippen LogP contribution in [-0.4, -0.2) is 51.7 Å². The van der Waals surface area contributed by atoms with Crippen LogP contribution in [0.3, 0.4) is 0 Å². The van der Waals surface area contributed by atoms with Gasteiger partial charge in [0, 0.05) is 22.7 Å². The number of Topliss-reactive ketones (excluding diaryl/α,β-unsaturated/α-hetero) is 1. The molecule has 1 aliphatic heterocycles. The Balaban J connectivity index is 1.56.